The van der Waals surface area contributed by atoms with E-state index in [1.807, 2.05) is 13.0 Å². The van der Waals surface area contributed by atoms with Crippen molar-refractivity contribution >= 4 is 18.4 Å². The van der Waals surface area contributed by atoms with Crippen LogP contribution in [0.4, 0.5) is 17.6 Å². The Bertz CT molecular complexity index is 1430. The Morgan fingerprint density at radius 1 is 1.23 bits per heavy atom. The highest BCUT2D eigenvalue weighted by Gasteiger charge is 2.50. The lowest BCUT2D eigenvalue weighted by atomic mass is 9.95. The number of aromatic nitrogens is 1. The number of carbonyl (C=O) groups is 1. The van der Waals surface area contributed by atoms with E-state index >= 15 is 0 Å². The van der Waals surface area contributed by atoms with Crippen LogP contribution >= 0.6 is 12.6 Å². The van der Waals surface area contributed by atoms with Crippen molar-refractivity contribution in [3.05, 3.63) is 108 Å². The number of ketones is 1. The molecule has 0 aliphatic heterocycles. The molecule has 2 aliphatic rings. The predicted molar refractivity (Wildman–Crippen MR) is 149 cm³/mol. The lowest BCUT2D eigenvalue weighted by molar-refractivity contribution is 0.0483. The number of benzene rings is 1. The third-order valence-corrected chi connectivity index (χ3v) is 7.59. The van der Waals surface area contributed by atoms with E-state index in [4.69, 9.17) is 5.73 Å². The second-order valence-corrected chi connectivity index (χ2v) is 10.7. The Balaban J connectivity index is 1.47. The number of allylic oxidation sites excluding steroid dienone is 6. The summed E-state index contributed by atoms with van der Waals surface area (Å²) >= 11 is 4.40. The molecule has 2 atom stereocenters. The average Bonchev–Trinajstić information content (AvgIpc) is 3.57. The number of carbonyl (C=O) groups excluding carboxylic acids is 1. The molecule has 0 saturated heterocycles. The van der Waals surface area contributed by atoms with Gasteiger partial charge in [0, 0.05) is 52.1 Å². The van der Waals surface area contributed by atoms with Crippen LogP contribution in [0.2, 0.25) is 0 Å². The van der Waals surface area contributed by atoms with Crippen molar-refractivity contribution in [2.24, 2.45) is 11.1 Å². The van der Waals surface area contributed by atoms with Gasteiger partial charge in [0.25, 0.3) is 11.8 Å². The van der Waals surface area contributed by atoms with Crippen LogP contribution in [-0.4, -0.2) is 22.7 Å². The Hall–Kier alpha value is -3.23. The molecule has 4 rings (SSSR count). The predicted octanol–water partition coefficient (Wildman–Crippen LogP) is 8.02. The maximum atomic E-state index is 14.6. The molecule has 39 heavy (non-hydrogen) atoms. The van der Waals surface area contributed by atoms with Gasteiger partial charge in [0.1, 0.15) is 5.69 Å². The van der Waals surface area contributed by atoms with Crippen molar-refractivity contribution in [1.82, 2.24) is 4.98 Å². The average molecular weight is 555 g/mol. The number of nitrogens with zero attached hydrogens (tertiary/aromatic N) is 1. The van der Waals surface area contributed by atoms with Crippen molar-refractivity contribution in [3.8, 4) is 11.1 Å². The molecule has 0 bridgehead atoms. The molecule has 2 aromatic rings. The second kappa shape index (κ2) is 10.7. The van der Waals surface area contributed by atoms with E-state index in [2.05, 4.69) is 30.8 Å². The molecule has 1 saturated carbocycles. The molecule has 1 heterocycles. The quantitative estimate of drug-likeness (QED) is 0.128. The summed E-state index contributed by atoms with van der Waals surface area (Å²) < 4.78 is 58.1. The molecular formula is C31H30F4N2OS. The van der Waals surface area contributed by atoms with E-state index in [0.717, 1.165) is 0 Å². The lowest BCUT2D eigenvalue weighted by Crippen LogP contribution is -2.24. The lowest BCUT2D eigenvalue weighted by Gasteiger charge is -2.17. The van der Waals surface area contributed by atoms with Gasteiger partial charge in [-0.05, 0) is 41.7 Å². The first-order chi connectivity index (χ1) is 18.3. The van der Waals surface area contributed by atoms with Gasteiger partial charge < -0.3 is 5.73 Å². The summed E-state index contributed by atoms with van der Waals surface area (Å²) in [4.78, 5) is 17.5. The molecule has 1 unspecified atom stereocenters. The van der Waals surface area contributed by atoms with Gasteiger partial charge in [-0.3, -0.25) is 9.78 Å². The van der Waals surface area contributed by atoms with Gasteiger partial charge in [0.15, 0.2) is 5.78 Å². The SMILES string of the molecule is C=CCC(F)(F)C1=C2C[C@]2(C)C=C(C(N)CCC(=O)c2ncc(-c3ccccc3C(F)(F)C=C)cc2S)C=C1. The molecule has 2 N–H and O–H groups in total. The molecule has 3 nitrogen and oxygen atoms in total. The zero-order valence-electron chi connectivity index (χ0n) is 21.6. The number of pyridine rings is 1. The number of hydrogen-bond acceptors (Lipinski definition) is 4. The van der Waals surface area contributed by atoms with Crippen LogP contribution in [0.15, 0.2) is 102 Å². The van der Waals surface area contributed by atoms with Crippen LogP contribution in [0, 0.1) is 5.41 Å². The monoisotopic (exact) mass is 554 g/mol. The van der Waals surface area contributed by atoms with Crippen LogP contribution in [0.3, 0.4) is 0 Å². The molecule has 0 amide bonds. The number of Topliss-reactive ketones (excluding diaryl/α,β-unsaturated/α-hetero) is 1. The van der Waals surface area contributed by atoms with Gasteiger partial charge >= 0.3 is 0 Å². The molecule has 8 heteroatoms. The molecular weight excluding hydrogens is 524 g/mol. The van der Waals surface area contributed by atoms with E-state index in [-0.39, 0.29) is 45.9 Å². The zero-order valence-corrected chi connectivity index (χ0v) is 22.5. The minimum absolute atomic E-state index is 0.0101. The first-order valence-electron chi connectivity index (χ1n) is 12.6. The van der Waals surface area contributed by atoms with Crippen LogP contribution in [0.5, 0.6) is 0 Å². The van der Waals surface area contributed by atoms with E-state index < -0.39 is 29.7 Å². The van der Waals surface area contributed by atoms with E-state index in [1.54, 1.807) is 18.2 Å². The summed E-state index contributed by atoms with van der Waals surface area (Å²) in [5.41, 5.74) is 7.85. The Morgan fingerprint density at radius 2 is 1.95 bits per heavy atom. The zero-order chi connectivity index (χ0) is 28.6. The number of nitrogens with two attached hydrogens (primary N) is 1. The number of hydrogen-bond donors (Lipinski definition) is 2. The number of rotatable bonds is 11. The van der Waals surface area contributed by atoms with Crippen LogP contribution in [0.1, 0.15) is 48.7 Å². The molecule has 2 aliphatic carbocycles. The highest BCUT2D eigenvalue weighted by Crippen LogP contribution is 2.59. The highest BCUT2D eigenvalue weighted by atomic mass is 32.1. The smallest absolute Gasteiger partial charge is 0.292 e. The minimum Gasteiger partial charge on any atom is -0.324 e. The number of halogens is 4. The fourth-order valence-corrected chi connectivity index (χ4v) is 5.27. The van der Waals surface area contributed by atoms with Gasteiger partial charge in [-0.15, -0.1) is 19.2 Å². The minimum atomic E-state index is -3.24. The first-order valence-corrected chi connectivity index (χ1v) is 13.0. The third-order valence-electron chi connectivity index (χ3n) is 7.25. The molecule has 0 spiro atoms. The van der Waals surface area contributed by atoms with E-state index in [1.165, 1.54) is 36.5 Å². The van der Waals surface area contributed by atoms with Crippen molar-refractivity contribution in [3.63, 3.8) is 0 Å². The Kier molecular flexibility index (Phi) is 7.92. The Morgan fingerprint density at radius 3 is 2.62 bits per heavy atom. The van der Waals surface area contributed by atoms with Crippen molar-refractivity contribution in [1.29, 1.82) is 0 Å². The molecule has 0 radical (unpaired) electrons. The van der Waals surface area contributed by atoms with Gasteiger partial charge in [-0.2, -0.15) is 8.78 Å². The second-order valence-electron chi connectivity index (χ2n) is 10.2. The molecule has 1 fully saturated rings. The van der Waals surface area contributed by atoms with Gasteiger partial charge in [-0.25, -0.2) is 8.78 Å². The van der Waals surface area contributed by atoms with E-state index in [9.17, 15) is 22.4 Å². The number of fused-ring (bicyclic) bond motifs is 1. The van der Waals surface area contributed by atoms with Crippen LogP contribution in [-0.2, 0) is 5.92 Å². The molecule has 204 valence electrons. The van der Waals surface area contributed by atoms with Crippen molar-refractivity contribution in [2.75, 3.05) is 0 Å². The summed E-state index contributed by atoms with van der Waals surface area (Å²) in [7, 11) is 0. The van der Waals surface area contributed by atoms with Crippen LogP contribution in [0.25, 0.3) is 11.1 Å². The summed E-state index contributed by atoms with van der Waals surface area (Å²) in [6.07, 6.45) is 8.53. The van der Waals surface area contributed by atoms with Gasteiger partial charge in [0.2, 0.25) is 0 Å². The normalized spacial score (nSPS) is 19.6. The Labute approximate surface area is 231 Å². The van der Waals surface area contributed by atoms with Crippen molar-refractivity contribution < 1.29 is 22.4 Å². The van der Waals surface area contributed by atoms with Gasteiger partial charge in [0.05, 0.1) is 0 Å². The maximum Gasteiger partial charge on any atom is 0.292 e. The molecule has 1 aromatic carbocycles. The largest absolute Gasteiger partial charge is 0.324 e. The fraction of sp³-hybridized carbons (Fsp3) is 0.290. The fourth-order valence-electron chi connectivity index (χ4n) is 4.95. The topological polar surface area (TPSA) is 56.0 Å². The third kappa shape index (κ3) is 5.87. The summed E-state index contributed by atoms with van der Waals surface area (Å²) in [5.74, 6) is -6.55. The maximum absolute atomic E-state index is 14.6. The molecule has 1 aromatic heterocycles. The summed E-state index contributed by atoms with van der Waals surface area (Å²) in [5, 5.41) is 0. The summed E-state index contributed by atoms with van der Waals surface area (Å²) in [6, 6.07) is 6.99. The van der Waals surface area contributed by atoms with E-state index in [0.29, 0.717) is 29.2 Å². The first kappa shape index (κ1) is 28.8. The van der Waals surface area contributed by atoms with Crippen molar-refractivity contribution in [2.45, 2.75) is 55.4 Å². The standard InChI is InChI=1S/C31H30F4N2OS/c1-4-14-31(34,35)23-11-10-19(16-29(3)17-24(23)29)25(36)12-13-26(38)28-27(39)15-20(18-37-28)21-8-6-7-9-22(21)30(32,33)5-2/h4-11,15-16,18,25,39H,1-2,12-14,17,36H2,3H3/t25?,29-/m0/s1. The number of thiol groups is 1. The highest BCUT2D eigenvalue weighted by molar-refractivity contribution is 7.80. The van der Waals surface area contributed by atoms with Gasteiger partial charge in [-0.1, -0.05) is 62.1 Å². The number of alkyl halides is 4. The summed E-state index contributed by atoms with van der Waals surface area (Å²) in [6.45, 7) is 8.56. The van der Waals surface area contributed by atoms with Crippen LogP contribution < -0.4 is 5.73 Å².